The van der Waals surface area contributed by atoms with E-state index in [0.717, 1.165) is 15.7 Å². The van der Waals surface area contributed by atoms with Crippen LogP contribution in [0.1, 0.15) is 30.2 Å². The predicted octanol–water partition coefficient (Wildman–Crippen LogP) is 14.4. The van der Waals surface area contributed by atoms with Gasteiger partial charge in [0.2, 0.25) is 0 Å². The Balaban J connectivity index is 1.28. The van der Waals surface area contributed by atoms with E-state index in [-0.39, 0.29) is 5.69 Å². The van der Waals surface area contributed by atoms with Crippen molar-refractivity contribution in [2.45, 2.75) is 0 Å². The zero-order chi connectivity index (χ0) is 53.6. The molecular weight excluding hydrogens is 631 g/mol. The van der Waals surface area contributed by atoms with Gasteiger partial charge in [-0.05, 0) is 91.7 Å². The molecule has 0 bridgehead atoms. The van der Waals surface area contributed by atoms with Gasteiger partial charge in [-0.15, -0.1) is 0 Å². The molecule has 0 saturated carbocycles. The number of furan rings is 1. The molecule has 1 heterocycles. The summed E-state index contributed by atoms with van der Waals surface area (Å²) in [5.74, 6) is 0. The first-order chi connectivity index (χ1) is 35.0. The Labute approximate surface area is 333 Å². The van der Waals surface area contributed by atoms with Crippen molar-refractivity contribution in [3.05, 3.63) is 200 Å². The number of para-hydroxylation sites is 2. The van der Waals surface area contributed by atoms with E-state index in [0.29, 0.717) is 22.3 Å². The number of anilines is 3. The van der Waals surface area contributed by atoms with Crippen molar-refractivity contribution in [1.82, 2.24) is 0 Å². The second kappa shape index (κ2) is 12.5. The second-order valence-electron chi connectivity index (χ2n) is 11.6. The Morgan fingerprint density at radius 2 is 0.904 bits per heavy atom. The van der Waals surface area contributed by atoms with E-state index in [1.807, 2.05) is 36.4 Å². The van der Waals surface area contributed by atoms with Crippen LogP contribution in [0.25, 0.3) is 76.9 Å². The molecule has 244 valence electrons. The van der Waals surface area contributed by atoms with Crippen LogP contribution in [0.3, 0.4) is 0 Å². The molecule has 10 rings (SSSR count). The van der Waals surface area contributed by atoms with Gasteiger partial charge < -0.3 is 9.32 Å². The summed E-state index contributed by atoms with van der Waals surface area (Å²) in [7, 11) is 0. The Morgan fingerprint density at radius 3 is 1.52 bits per heavy atom. The number of hydrogen-bond acceptors (Lipinski definition) is 2. The molecule has 0 fully saturated rings. The highest BCUT2D eigenvalue weighted by Gasteiger charge is 2.16. The zero-order valence-electron chi connectivity index (χ0n) is 48.7. The molecule has 0 aliphatic carbocycles. The average Bonchev–Trinajstić information content (AvgIpc) is 3.78. The Kier molecular flexibility index (Phi) is 3.63. The van der Waals surface area contributed by atoms with Gasteiger partial charge in [0.1, 0.15) is 11.2 Å². The highest BCUT2D eigenvalue weighted by atomic mass is 16.3. The quantitative estimate of drug-likeness (QED) is 0.173. The van der Waals surface area contributed by atoms with E-state index >= 15 is 0 Å². The fourth-order valence-electron chi connectivity index (χ4n) is 6.22. The van der Waals surface area contributed by atoms with Gasteiger partial charge >= 0.3 is 0 Å². The Morgan fingerprint density at radius 1 is 0.365 bits per heavy atom. The largest absolute Gasteiger partial charge is 0.455 e. The maximum absolute atomic E-state index is 9.59. The molecule has 0 N–H and O–H groups in total. The van der Waals surface area contributed by atoms with Crippen LogP contribution in [0.4, 0.5) is 17.1 Å². The first kappa shape index (κ1) is 15.1. The lowest BCUT2D eigenvalue weighted by molar-refractivity contribution is 0.670. The molecule has 10 aromatic rings. The van der Waals surface area contributed by atoms with Crippen LogP contribution in [-0.2, 0) is 0 Å². The van der Waals surface area contributed by atoms with Gasteiger partial charge in [-0.3, -0.25) is 0 Å². The lowest BCUT2D eigenvalue weighted by atomic mass is 9.97. The SMILES string of the molecule is [2H]c1c([2H])c(N(c2ccc(-c3cccc4c3oc3ccccc34)cc2)c2c([2H])c([2H])c(-c3c([2H])c([2H])c([2H])c4c([2H])c([2H])c([2H])c([2H])c34)c([2H])c2[2H])c([2H])c([2H])c1-c1c([2H])c([2H])c([2H])c2c([2H])c([2H])c([2H])c([2H])c12. The van der Waals surface area contributed by atoms with Gasteiger partial charge in [-0.2, -0.15) is 0 Å². The summed E-state index contributed by atoms with van der Waals surface area (Å²) in [5, 5.41) is -0.390. The highest BCUT2D eigenvalue weighted by molar-refractivity contribution is 6.09. The van der Waals surface area contributed by atoms with Crippen LogP contribution in [0.5, 0.6) is 0 Å². The van der Waals surface area contributed by atoms with Gasteiger partial charge in [-0.25, -0.2) is 0 Å². The number of hydrogen-bond donors (Lipinski definition) is 0. The lowest BCUT2D eigenvalue weighted by Crippen LogP contribution is -2.09. The third-order valence-corrected chi connectivity index (χ3v) is 8.64. The van der Waals surface area contributed by atoms with Crippen molar-refractivity contribution in [2.75, 3.05) is 4.90 Å². The minimum Gasteiger partial charge on any atom is -0.455 e. The standard InChI is InChI=1S/C50H33NO/c1-3-14-42-34(10-1)12-7-17-44(42)36-22-28-39(29-23-36)51(40-30-24-37(25-31-40)45-18-8-13-35-11-2-4-15-43(35)45)41-32-26-38(27-33-41)46-19-9-20-48-47-16-5-6-21-49(47)52-50(46)48/h1-33H/i1D,2D,3D,4D,7D,8D,10D,11D,12D,13D,14D,15D,17D,18D,22D,23D,24D,25D,28D,29D,30D,31D. The highest BCUT2D eigenvalue weighted by Crippen LogP contribution is 2.41. The molecule has 0 aliphatic rings. The monoisotopic (exact) mass is 685 g/mol. The normalized spacial score (nSPS) is 17.4. The lowest BCUT2D eigenvalue weighted by Gasteiger charge is -2.26. The maximum atomic E-state index is 9.59. The first-order valence-corrected chi connectivity index (χ1v) is 16.0. The first-order valence-electron chi connectivity index (χ1n) is 27.0. The van der Waals surface area contributed by atoms with Crippen molar-refractivity contribution >= 4 is 60.5 Å². The molecule has 0 aliphatic heterocycles. The zero-order valence-corrected chi connectivity index (χ0v) is 26.7. The summed E-state index contributed by atoms with van der Waals surface area (Å²) in [4.78, 5) is 0.934. The molecule has 1 aromatic heterocycles. The minimum absolute atomic E-state index is 0.0619. The van der Waals surface area contributed by atoms with Gasteiger partial charge in [-0.1, -0.05) is 157 Å². The molecule has 9 aromatic carbocycles. The predicted molar refractivity (Wildman–Crippen MR) is 220 cm³/mol. The van der Waals surface area contributed by atoms with Gasteiger partial charge in [0.25, 0.3) is 0 Å². The van der Waals surface area contributed by atoms with Crippen molar-refractivity contribution in [3.63, 3.8) is 0 Å². The van der Waals surface area contributed by atoms with Gasteiger partial charge in [0.15, 0.2) is 0 Å². The van der Waals surface area contributed by atoms with Crippen LogP contribution >= 0.6 is 0 Å². The van der Waals surface area contributed by atoms with Crippen LogP contribution in [0, 0.1) is 0 Å². The van der Waals surface area contributed by atoms with Gasteiger partial charge in [0.05, 0.1) is 30.2 Å². The number of nitrogens with zero attached hydrogens (tertiary/aromatic N) is 1. The molecular formula is C50H33NO. The molecule has 2 heteroatoms. The number of rotatable bonds is 6. The topological polar surface area (TPSA) is 16.4 Å². The van der Waals surface area contributed by atoms with E-state index in [4.69, 9.17) is 23.6 Å². The summed E-state index contributed by atoms with van der Waals surface area (Å²) in [6.45, 7) is 0. The molecule has 0 amide bonds. The number of fused-ring (bicyclic) bond motifs is 5. The smallest absolute Gasteiger partial charge is 0.143 e. The Hall–Kier alpha value is -6.90. The summed E-state index contributed by atoms with van der Waals surface area (Å²) in [6, 6.07) is 0.626. The maximum Gasteiger partial charge on any atom is 0.143 e. The summed E-state index contributed by atoms with van der Waals surface area (Å²) < 4.78 is 203. The van der Waals surface area contributed by atoms with Crippen molar-refractivity contribution in [1.29, 1.82) is 0 Å². The summed E-state index contributed by atoms with van der Waals surface area (Å²) in [6.07, 6.45) is 0. The number of benzene rings is 9. The van der Waals surface area contributed by atoms with Crippen LogP contribution < -0.4 is 4.90 Å². The van der Waals surface area contributed by atoms with E-state index in [1.165, 1.54) is 12.1 Å². The third kappa shape index (κ3) is 5.12. The van der Waals surface area contributed by atoms with E-state index < -0.39 is 188 Å². The van der Waals surface area contributed by atoms with E-state index in [1.54, 1.807) is 18.2 Å². The fraction of sp³-hybridized carbons (Fsp3) is 0. The molecule has 0 radical (unpaired) electrons. The van der Waals surface area contributed by atoms with Crippen molar-refractivity contribution in [3.8, 4) is 33.4 Å². The Bertz CT molecular complexity index is 3910. The average molecular weight is 686 g/mol. The minimum atomic E-state index is -0.927. The molecule has 0 atom stereocenters. The molecule has 0 spiro atoms. The van der Waals surface area contributed by atoms with E-state index in [2.05, 4.69) is 0 Å². The molecule has 0 saturated heterocycles. The van der Waals surface area contributed by atoms with Crippen LogP contribution in [0.15, 0.2) is 204 Å². The van der Waals surface area contributed by atoms with Crippen LogP contribution in [0.2, 0.25) is 0 Å². The summed E-state index contributed by atoms with van der Waals surface area (Å²) in [5.41, 5.74) is -1.67. The third-order valence-electron chi connectivity index (χ3n) is 8.64. The fourth-order valence-corrected chi connectivity index (χ4v) is 6.22. The van der Waals surface area contributed by atoms with Crippen molar-refractivity contribution in [2.24, 2.45) is 0 Å². The van der Waals surface area contributed by atoms with Crippen molar-refractivity contribution < 1.29 is 34.6 Å². The second-order valence-corrected chi connectivity index (χ2v) is 11.6. The molecule has 52 heavy (non-hydrogen) atoms. The van der Waals surface area contributed by atoms with E-state index in [9.17, 15) is 11.0 Å². The summed E-state index contributed by atoms with van der Waals surface area (Å²) >= 11 is 0. The van der Waals surface area contributed by atoms with Crippen LogP contribution in [-0.4, -0.2) is 0 Å². The molecule has 2 nitrogen and oxygen atoms in total. The molecule has 0 unspecified atom stereocenters. The van der Waals surface area contributed by atoms with Gasteiger partial charge in [0, 0.05) is 33.4 Å².